The second-order valence-electron chi connectivity index (χ2n) is 3.64. The molecule has 3 nitrogen and oxygen atoms in total. The molecule has 0 aliphatic rings. The zero-order chi connectivity index (χ0) is 9.90. The number of ether oxygens (including phenoxy) is 1. The molecule has 0 aromatic carbocycles. The standard InChI is InChI=1S/C9H15BrN2O/c1-9(2,13-3)4-5-12-7-8(10)6-11-12/h6-7H,4-5H2,1-3H3. The lowest BCUT2D eigenvalue weighted by molar-refractivity contribution is 0.0113. The molecule has 1 heterocycles. The minimum Gasteiger partial charge on any atom is -0.379 e. The largest absolute Gasteiger partial charge is 0.379 e. The minimum absolute atomic E-state index is 0.0710. The molecule has 1 aromatic rings. The fraction of sp³-hybridized carbons (Fsp3) is 0.667. The van der Waals surface area contributed by atoms with E-state index >= 15 is 0 Å². The summed E-state index contributed by atoms with van der Waals surface area (Å²) in [7, 11) is 1.74. The predicted molar refractivity (Wildman–Crippen MR) is 55.6 cm³/mol. The first kappa shape index (κ1) is 10.7. The molecule has 0 saturated heterocycles. The van der Waals surface area contributed by atoms with Gasteiger partial charge in [0.05, 0.1) is 16.3 Å². The van der Waals surface area contributed by atoms with Gasteiger partial charge in [0.1, 0.15) is 0 Å². The van der Waals surface area contributed by atoms with Crippen molar-refractivity contribution in [1.29, 1.82) is 0 Å². The Morgan fingerprint density at radius 2 is 2.31 bits per heavy atom. The Bertz CT molecular complexity index is 270. The van der Waals surface area contributed by atoms with Gasteiger partial charge in [0.25, 0.3) is 0 Å². The lowest BCUT2D eigenvalue weighted by atomic mass is 10.1. The van der Waals surface area contributed by atoms with Gasteiger partial charge < -0.3 is 4.74 Å². The lowest BCUT2D eigenvalue weighted by Crippen LogP contribution is -2.24. The van der Waals surface area contributed by atoms with Crippen molar-refractivity contribution in [3.63, 3.8) is 0 Å². The molecule has 0 N–H and O–H groups in total. The number of hydrogen-bond donors (Lipinski definition) is 0. The van der Waals surface area contributed by atoms with Crippen molar-refractivity contribution in [2.75, 3.05) is 7.11 Å². The van der Waals surface area contributed by atoms with Gasteiger partial charge in [0.15, 0.2) is 0 Å². The van der Waals surface area contributed by atoms with E-state index in [0.717, 1.165) is 17.4 Å². The highest BCUT2D eigenvalue weighted by Gasteiger charge is 2.15. The smallest absolute Gasteiger partial charge is 0.0640 e. The van der Waals surface area contributed by atoms with Gasteiger partial charge in [-0.25, -0.2) is 0 Å². The zero-order valence-corrected chi connectivity index (χ0v) is 9.84. The van der Waals surface area contributed by atoms with Crippen LogP contribution in [0.5, 0.6) is 0 Å². The molecule has 0 amide bonds. The number of rotatable bonds is 4. The number of hydrogen-bond acceptors (Lipinski definition) is 2. The molecule has 0 unspecified atom stereocenters. The third kappa shape index (κ3) is 3.48. The van der Waals surface area contributed by atoms with E-state index < -0.39 is 0 Å². The normalized spacial score (nSPS) is 12.0. The van der Waals surface area contributed by atoms with Crippen molar-refractivity contribution >= 4 is 15.9 Å². The van der Waals surface area contributed by atoms with Crippen molar-refractivity contribution in [3.8, 4) is 0 Å². The molecule has 0 spiro atoms. The summed E-state index contributed by atoms with van der Waals surface area (Å²) in [6.07, 6.45) is 4.71. The van der Waals surface area contributed by atoms with Crippen LogP contribution in [0.15, 0.2) is 16.9 Å². The van der Waals surface area contributed by atoms with Crippen LogP contribution >= 0.6 is 15.9 Å². The molecule has 0 atom stereocenters. The maximum atomic E-state index is 5.31. The van der Waals surface area contributed by atoms with Gasteiger partial charge in [0.2, 0.25) is 0 Å². The molecule has 13 heavy (non-hydrogen) atoms. The molecular weight excluding hydrogens is 232 g/mol. The molecule has 1 aromatic heterocycles. The molecule has 0 radical (unpaired) electrons. The third-order valence-corrected chi connectivity index (χ3v) is 2.51. The number of nitrogens with zero attached hydrogens (tertiary/aromatic N) is 2. The van der Waals surface area contributed by atoms with Crippen LogP contribution in [-0.2, 0) is 11.3 Å². The molecule has 0 aliphatic carbocycles. The summed E-state index contributed by atoms with van der Waals surface area (Å²) < 4.78 is 8.24. The van der Waals surface area contributed by atoms with Crippen LogP contribution in [0.1, 0.15) is 20.3 Å². The van der Waals surface area contributed by atoms with Gasteiger partial charge >= 0.3 is 0 Å². The van der Waals surface area contributed by atoms with Crippen molar-refractivity contribution in [3.05, 3.63) is 16.9 Å². The van der Waals surface area contributed by atoms with Crippen molar-refractivity contribution < 1.29 is 4.74 Å². The molecule has 0 aliphatic heterocycles. The highest BCUT2D eigenvalue weighted by Crippen LogP contribution is 2.14. The van der Waals surface area contributed by atoms with Crippen LogP contribution in [0.4, 0.5) is 0 Å². The molecule has 0 saturated carbocycles. The Hall–Kier alpha value is -0.350. The van der Waals surface area contributed by atoms with E-state index in [1.807, 2.05) is 10.9 Å². The Labute approximate surface area is 87.2 Å². The van der Waals surface area contributed by atoms with E-state index in [0.29, 0.717) is 0 Å². The number of halogens is 1. The maximum Gasteiger partial charge on any atom is 0.0640 e. The van der Waals surface area contributed by atoms with Gasteiger partial charge in [0, 0.05) is 19.9 Å². The van der Waals surface area contributed by atoms with Gasteiger partial charge in [-0.2, -0.15) is 5.10 Å². The molecule has 4 heteroatoms. The highest BCUT2D eigenvalue weighted by molar-refractivity contribution is 9.10. The minimum atomic E-state index is -0.0710. The summed E-state index contributed by atoms with van der Waals surface area (Å²) in [6.45, 7) is 5.03. The topological polar surface area (TPSA) is 27.1 Å². The van der Waals surface area contributed by atoms with Crippen LogP contribution in [0, 0.1) is 0 Å². The van der Waals surface area contributed by atoms with E-state index in [4.69, 9.17) is 4.74 Å². The van der Waals surface area contributed by atoms with Crippen molar-refractivity contribution in [2.45, 2.75) is 32.4 Å². The maximum absolute atomic E-state index is 5.31. The third-order valence-electron chi connectivity index (χ3n) is 2.10. The first-order chi connectivity index (χ1) is 6.03. The van der Waals surface area contributed by atoms with Crippen LogP contribution in [-0.4, -0.2) is 22.5 Å². The van der Waals surface area contributed by atoms with E-state index in [-0.39, 0.29) is 5.60 Å². The summed E-state index contributed by atoms with van der Waals surface area (Å²) in [4.78, 5) is 0. The Kier molecular flexibility index (Phi) is 3.50. The molecule has 0 fully saturated rings. The van der Waals surface area contributed by atoms with Crippen LogP contribution in [0.3, 0.4) is 0 Å². The second kappa shape index (κ2) is 4.24. The second-order valence-corrected chi connectivity index (χ2v) is 4.55. The summed E-state index contributed by atoms with van der Waals surface area (Å²) in [6, 6.07) is 0. The fourth-order valence-corrected chi connectivity index (χ4v) is 1.27. The first-order valence-electron chi connectivity index (χ1n) is 4.26. The van der Waals surface area contributed by atoms with Gasteiger partial charge in [-0.3, -0.25) is 4.68 Å². The van der Waals surface area contributed by atoms with E-state index in [2.05, 4.69) is 34.9 Å². The van der Waals surface area contributed by atoms with Gasteiger partial charge in [-0.1, -0.05) is 0 Å². The zero-order valence-electron chi connectivity index (χ0n) is 8.25. The molecule has 1 rings (SSSR count). The molecular formula is C9H15BrN2O. The van der Waals surface area contributed by atoms with Gasteiger partial charge in [-0.15, -0.1) is 0 Å². The number of aryl methyl sites for hydroxylation is 1. The van der Waals surface area contributed by atoms with Crippen molar-refractivity contribution in [2.24, 2.45) is 0 Å². The van der Waals surface area contributed by atoms with Gasteiger partial charge in [-0.05, 0) is 36.2 Å². The quantitative estimate of drug-likeness (QED) is 0.817. The SMILES string of the molecule is COC(C)(C)CCn1cc(Br)cn1. The van der Waals surface area contributed by atoms with Crippen LogP contribution in [0.25, 0.3) is 0 Å². The lowest BCUT2D eigenvalue weighted by Gasteiger charge is -2.22. The number of methoxy groups -OCH3 is 1. The molecule has 0 bridgehead atoms. The van der Waals surface area contributed by atoms with Crippen LogP contribution < -0.4 is 0 Å². The van der Waals surface area contributed by atoms with Crippen LogP contribution in [0.2, 0.25) is 0 Å². The van der Waals surface area contributed by atoms with E-state index in [1.54, 1.807) is 13.3 Å². The Balaban J connectivity index is 2.43. The summed E-state index contributed by atoms with van der Waals surface area (Å²) in [5.41, 5.74) is -0.0710. The summed E-state index contributed by atoms with van der Waals surface area (Å²) in [5.74, 6) is 0. The number of aromatic nitrogens is 2. The molecule has 74 valence electrons. The summed E-state index contributed by atoms with van der Waals surface area (Å²) >= 11 is 3.36. The fourth-order valence-electron chi connectivity index (χ4n) is 0.946. The highest BCUT2D eigenvalue weighted by atomic mass is 79.9. The summed E-state index contributed by atoms with van der Waals surface area (Å²) in [5, 5.41) is 4.17. The first-order valence-corrected chi connectivity index (χ1v) is 5.06. The Morgan fingerprint density at radius 1 is 1.62 bits per heavy atom. The average Bonchev–Trinajstić information content (AvgIpc) is 2.48. The predicted octanol–water partition coefficient (Wildman–Crippen LogP) is 2.46. The Morgan fingerprint density at radius 3 is 2.77 bits per heavy atom. The van der Waals surface area contributed by atoms with Crippen molar-refractivity contribution in [1.82, 2.24) is 9.78 Å². The van der Waals surface area contributed by atoms with E-state index in [9.17, 15) is 0 Å². The average molecular weight is 247 g/mol. The van der Waals surface area contributed by atoms with E-state index in [1.165, 1.54) is 0 Å². The monoisotopic (exact) mass is 246 g/mol.